The van der Waals surface area contributed by atoms with Crippen LogP contribution in [0.25, 0.3) is 0 Å². The third-order valence-electron chi connectivity index (χ3n) is 2.74. The molecular weight excluding hydrogens is 204 g/mol. The third kappa shape index (κ3) is 2.67. The van der Waals surface area contributed by atoms with Crippen molar-refractivity contribution in [2.75, 3.05) is 5.32 Å². The SMILES string of the molecule is CC(C)(O)C(C)(C)Nc1cnc(C#N)cn1. The minimum Gasteiger partial charge on any atom is -0.388 e. The maximum absolute atomic E-state index is 9.94. The van der Waals surface area contributed by atoms with Crippen LogP contribution in [0.1, 0.15) is 33.4 Å². The number of aliphatic hydroxyl groups is 1. The molecule has 0 radical (unpaired) electrons. The number of nitrogens with zero attached hydrogens (tertiary/aromatic N) is 3. The van der Waals surface area contributed by atoms with Crippen LogP contribution in [0.2, 0.25) is 0 Å². The highest BCUT2D eigenvalue weighted by atomic mass is 16.3. The molecule has 0 aliphatic carbocycles. The lowest BCUT2D eigenvalue weighted by atomic mass is 9.86. The van der Waals surface area contributed by atoms with Crippen LogP contribution >= 0.6 is 0 Å². The molecule has 1 heterocycles. The molecular formula is C11H16N4O. The molecule has 0 atom stereocenters. The Balaban J connectivity index is 2.85. The second-order valence-corrected chi connectivity index (χ2v) is 4.71. The molecule has 0 amide bonds. The molecule has 0 spiro atoms. The molecule has 0 aliphatic heterocycles. The number of rotatable bonds is 3. The zero-order valence-electron chi connectivity index (χ0n) is 9.94. The quantitative estimate of drug-likeness (QED) is 0.802. The van der Waals surface area contributed by atoms with Crippen LogP contribution in [-0.2, 0) is 0 Å². The summed E-state index contributed by atoms with van der Waals surface area (Å²) in [6, 6.07) is 1.90. The van der Waals surface area contributed by atoms with E-state index < -0.39 is 11.1 Å². The Morgan fingerprint density at radius 1 is 1.25 bits per heavy atom. The molecule has 86 valence electrons. The van der Waals surface area contributed by atoms with Gasteiger partial charge < -0.3 is 10.4 Å². The topological polar surface area (TPSA) is 81.8 Å². The zero-order valence-corrected chi connectivity index (χ0v) is 9.94. The largest absolute Gasteiger partial charge is 0.388 e. The van der Waals surface area contributed by atoms with E-state index in [1.165, 1.54) is 12.4 Å². The Hall–Kier alpha value is -1.67. The first-order valence-corrected chi connectivity index (χ1v) is 4.99. The van der Waals surface area contributed by atoms with Gasteiger partial charge in [0.15, 0.2) is 5.69 Å². The van der Waals surface area contributed by atoms with Crippen LogP contribution in [0.5, 0.6) is 0 Å². The highest BCUT2D eigenvalue weighted by molar-refractivity contribution is 5.37. The fraction of sp³-hybridized carbons (Fsp3) is 0.545. The van der Waals surface area contributed by atoms with Crippen molar-refractivity contribution in [1.29, 1.82) is 5.26 Å². The second-order valence-electron chi connectivity index (χ2n) is 4.71. The highest BCUT2D eigenvalue weighted by Gasteiger charge is 2.35. The van der Waals surface area contributed by atoms with Gasteiger partial charge in [-0.3, -0.25) is 0 Å². The molecule has 5 heteroatoms. The molecule has 0 aromatic carbocycles. The van der Waals surface area contributed by atoms with Gasteiger partial charge in [-0.2, -0.15) is 5.26 Å². The summed E-state index contributed by atoms with van der Waals surface area (Å²) in [5.74, 6) is 0.533. The summed E-state index contributed by atoms with van der Waals surface area (Å²) < 4.78 is 0. The molecule has 1 aromatic heterocycles. The van der Waals surface area contributed by atoms with Crippen LogP contribution in [0.15, 0.2) is 12.4 Å². The van der Waals surface area contributed by atoms with E-state index >= 15 is 0 Å². The summed E-state index contributed by atoms with van der Waals surface area (Å²) in [4.78, 5) is 7.94. The second kappa shape index (κ2) is 4.06. The van der Waals surface area contributed by atoms with E-state index in [0.29, 0.717) is 5.82 Å². The minimum atomic E-state index is -0.900. The van der Waals surface area contributed by atoms with Gasteiger partial charge in [0, 0.05) is 0 Å². The van der Waals surface area contributed by atoms with E-state index in [1.807, 2.05) is 19.9 Å². The molecule has 5 nitrogen and oxygen atoms in total. The molecule has 0 saturated carbocycles. The van der Waals surface area contributed by atoms with Crippen molar-refractivity contribution in [3.8, 4) is 6.07 Å². The monoisotopic (exact) mass is 220 g/mol. The molecule has 0 saturated heterocycles. The van der Waals surface area contributed by atoms with Crippen molar-refractivity contribution in [2.45, 2.75) is 38.8 Å². The minimum absolute atomic E-state index is 0.270. The zero-order chi connectivity index (χ0) is 12.4. The lowest BCUT2D eigenvalue weighted by Gasteiger charge is -2.38. The van der Waals surface area contributed by atoms with E-state index in [2.05, 4.69) is 15.3 Å². The van der Waals surface area contributed by atoms with Crippen molar-refractivity contribution in [3.63, 3.8) is 0 Å². The summed E-state index contributed by atoms with van der Waals surface area (Å²) in [6.45, 7) is 7.17. The number of anilines is 1. The van der Waals surface area contributed by atoms with E-state index in [9.17, 15) is 5.11 Å². The third-order valence-corrected chi connectivity index (χ3v) is 2.74. The smallest absolute Gasteiger partial charge is 0.158 e. The van der Waals surface area contributed by atoms with E-state index in [4.69, 9.17) is 5.26 Å². The van der Waals surface area contributed by atoms with Gasteiger partial charge in [-0.05, 0) is 27.7 Å². The van der Waals surface area contributed by atoms with Crippen LogP contribution < -0.4 is 5.32 Å². The van der Waals surface area contributed by atoms with Gasteiger partial charge >= 0.3 is 0 Å². The Morgan fingerprint density at radius 3 is 2.25 bits per heavy atom. The number of hydrogen-bond acceptors (Lipinski definition) is 5. The van der Waals surface area contributed by atoms with Crippen molar-refractivity contribution in [2.24, 2.45) is 0 Å². The van der Waals surface area contributed by atoms with Crippen molar-refractivity contribution in [1.82, 2.24) is 9.97 Å². The Kier molecular flexibility index (Phi) is 3.15. The molecule has 2 N–H and O–H groups in total. The Morgan fingerprint density at radius 2 is 1.88 bits per heavy atom. The molecule has 16 heavy (non-hydrogen) atoms. The molecule has 0 fully saturated rings. The standard InChI is InChI=1S/C11H16N4O/c1-10(2,11(3,4)16)15-9-7-13-8(5-12)6-14-9/h6-7,16H,1-4H3,(H,14,15). The van der Waals surface area contributed by atoms with Crippen LogP contribution in [0.4, 0.5) is 5.82 Å². The average Bonchev–Trinajstić information content (AvgIpc) is 2.16. The van der Waals surface area contributed by atoms with E-state index in [-0.39, 0.29) is 5.69 Å². The van der Waals surface area contributed by atoms with Gasteiger partial charge in [0.2, 0.25) is 0 Å². The van der Waals surface area contributed by atoms with Gasteiger partial charge in [0.25, 0.3) is 0 Å². The maximum Gasteiger partial charge on any atom is 0.158 e. The van der Waals surface area contributed by atoms with Crippen LogP contribution in [-0.4, -0.2) is 26.2 Å². The van der Waals surface area contributed by atoms with Crippen molar-refractivity contribution < 1.29 is 5.11 Å². The summed E-state index contributed by atoms with van der Waals surface area (Å²) >= 11 is 0. The lowest BCUT2D eigenvalue weighted by Crippen LogP contribution is -2.51. The summed E-state index contributed by atoms with van der Waals surface area (Å²) in [6.07, 6.45) is 2.87. The van der Waals surface area contributed by atoms with Gasteiger partial charge in [-0.25, -0.2) is 9.97 Å². The van der Waals surface area contributed by atoms with Crippen LogP contribution in [0.3, 0.4) is 0 Å². The molecule has 0 aliphatic rings. The number of aromatic nitrogens is 2. The molecule has 0 bridgehead atoms. The first-order valence-electron chi connectivity index (χ1n) is 4.99. The lowest BCUT2D eigenvalue weighted by molar-refractivity contribution is 0.0238. The van der Waals surface area contributed by atoms with Crippen LogP contribution in [0, 0.1) is 11.3 Å². The number of nitriles is 1. The number of nitrogens with one attached hydrogen (secondary N) is 1. The normalized spacial score (nSPS) is 12.0. The highest BCUT2D eigenvalue weighted by Crippen LogP contribution is 2.24. The fourth-order valence-electron chi connectivity index (χ4n) is 0.923. The molecule has 1 rings (SSSR count). The van der Waals surface area contributed by atoms with Gasteiger partial charge in [-0.1, -0.05) is 0 Å². The maximum atomic E-state index is 9.94. The fourth-order valence-corrected chi connectivity index (χ4v) is 0.923. The average molecular weight is 220 g/mol. The summed E-state index contributed by atoms with van der Waals surface area (Å²) in [7, 11) is 0. The Bertz CT molecular complexity index is 397. The van der Waals surface area contributed by atoms with Gasteiger partial charge in [0.1, 0.15) is 11.9 Å². The summed E-state index contributed by atoms with van der Waals surface area (Å²) in [5.41, 5.74) is -1.18. The van der Waals surface area contributed by atoms with Gasteiger partial charge in [-0.15, -0.1) is 0 Å². The molecule has 0 unspecified atom stereocenters. The Labute approximate surface area is 95.2 Å². The first-order chi connectivity index (χ1) is 7.26. The van der Waals surface area contributed by atoms with E-state index in [1.54, 1.807) is 13.8 Å². The molecule has 1 aromatic rings. The first kappa shape index (κ1) is 12.4. The van der Waals surface area contributed by atoms with E-state index in [0.717, 1.165) is 0 Å². The number of hydrogen-bond donors (Lipinski definition) is 2. The van der Waals surface area contributed by atoms with Crippen molar-refractivity contribution in [3.05, 3.63) is 18.1 Å². The predicted molar refractivity (Wildman–Crippen MR) is 60.7 cm³/mol. The predicted octanol–water partition coefficient (Wildman–Crippen LogP) is 1.31. The van der Waals surface area contributed by atoms with Crippen molar-refractivity contribution >= 4 is 5.82 Å². The van der Waals surface area contributed by atoms with Gasteiger partial charge in [0.05, 0.1) is 23.5 Å². The summed E-state index contributed by atoms with van der Waals surface area (Å²) in [5, 5.41) is 21.6.